The van der Waals surface area contributed by atoms with E-state index in [0.717, 1.165) is 4.70 Å². The second kappa shape index (κ2) is 9.64. The molecule has 1 atom stereocenters. The van der Waals surface area contributed by atoms with Crippen LogP contribution in [0.15, 0.2) is 72.3 Å². The van der Waals surface area contributed by atoms with Crippen LogP contribution in [0, 0.1) is 10.1 Å². The van der Waals surface area contributed by atoms with Crippen LogP contribution in [0.5, 0.6) is 5.75 Å². The lowest BCUT2D eigenvalue weighted by molar-refractivity contribution is -0.384. The maximum Gasteiger partial charge on any atom is 0.301 e. The first kappa shape index (κ1) is 24.4. The number of ketones is 1. The van der Waals surface area contributed by atoms with Gasteiger partial charge < -0.3 is 9.84 Å². The molecular weight excluding hydrogens is 518 g/mol. The van der Waals surface area contributed by atoms with Crippen molar-refractivity contribution in [2.75, 3.05) is 11.5 Å². The number of aliphatic hydroxyl groups is 1. The number of nitro groups is 1. The highest BCUT2D eigenvalue weighted by Gasteiger charge is 2.48. The summed E-state index contributed by atoms with van der Waals surface area (Å²) >= 11 is 7.13. The molecule has 0 bridgehead atoms. The highest BCUT2D eigenvalue weighted by molar-refractivity contribution is 7.22. The SMILES string of the molecule is CCOc1ccc2nc(N3C(=O)C(=O)/C(=C(/O)c4ccc(Cl)cc4)C3c3cccc([N+](=O)[O-])c3)sc2c1. The Hall–Kier alpha value is -4.28. The molecule has 0 saturated carbocycles. The summed E-state index contributed by atoms with van der Waals surface area (Å²) in [5.41, 5.74) is 0.699. The molecule has 0 spiro atoms. The van der Waals surface area contributed by atoms with Crippen LogP contribution in [0.2, 0.25) is 5.02 Å². The second-order valence-corrected chi connectivity index (χ2v) is 9.53. The molecule has 1 unspecified atom stereocenters. The molecule has 1 aliphatic rings. The molecule has 1 amide bonds. The molecular formula is C26H18ClN3O6S. The number of aliphatic hydroxyl groups excluding tert-OH is 1. The van der Waals surface area contributed by atoms with Gasteiger partial charge in [0.2, 0.25) is 0 Å². The average Bonchev–Trinajstić information content (AvgIpc) is 3.42. The smallest absolute Gasteiger partial charge is 0.301 e. The number of aromatic nitrogens is 1. The van der Waals surface area contributed by atoms with E-state index in [1.165, 1.54) is 46.6 Å². The summed E-state index contributed by atoms with van der Waals surface area (Å²) in [5, 5.41) is 23.3. The van der Waals surface area contributed by atoms with Crippen molar-refractivity contribution >= 4 is 61.4 Å². The van der Waals surface area contributed by atoms with E-state index in [-0.39, 0.29) is 27.5 Å². The van der Waals surface area contributed by atoms with E-state index in [1.807, 2.05) is 6.92 Å². The number of nitro benzene ring substituents is 1. The van der Waals surface area contributed by atoms with E-state index in [1.54, 1.807) is 36.4 Å². The Bertz CT molecular complexity index is 1600. The number of ether oxygens (including phenoxy) is 1. The van der Waals surface area contributed by atoms with Gasteiger partial charge in [-0.05, 0) is 55.0 Å². The van der Waals surface area contributed by atoms with Crippen molar-refractivity contribution in [3.8, 4) is 5.75 Å². The Kier molecular flexibility index (Phi) is 6.36. The number of carbonyl (C=O) groups excluding carboxylic acids is 2. The zero-order valence-corrected chi connectivity index (χ0v) is 20.8. The zero-order valence-electron chi connectivity index (χ0n) is 19.3. The molecule has 1 aliphatic heterocycles. The topological polar surface area (TPSA) is 123 Å². The summed E-state index contributed by atoms with van der Waals surface area (Å²) in [6.07, 6.45) is 0. The van der Waals surface area contributed by atoms with Gasteiger partial charge in [-0.15, -0.1) is 0 Å². The minimum atomic E-state index is -1.15. The Balaban J connectivity index is 1.71. The van der Waals surface area contributed by atoms with Crippen LogP contribution in [0.25, 0.3) is 16.0 Å². The number of thiazole rings is 1. The molecule has 1 aromatic heterocycles. The van der Waals surface area contributed by atoms with Crippen molar-refractivity contribution in [3.05, 3.63) is 98.6 Å². The van der Waals surface area contributed by atoms with Crippen molar-refractivity contribution in [1.29, 1.82) is 0 Å². The molecule has 3 aromatic carbocycles. The van der Waals surface area contributed by atoms with Crippen LogP contribution >= 0.6 is 22.9 Å². The molecule has 0 aliphatic carbocycles. The number of anilines is 1. The van der Waals surface area contributed by atoms with Gasteiger partial charge in [-0.25, -0.2) is 4.98 Å². The number of benzene rings is 3. The molecule has 1 saturated heterocycles. The fourth-order valence-electron chi connectivity index (χ4n) is 4.17. The van der Waals surface area contributed by atoms with Gasteiger partial charge >= 0.3 is 5.91 Å². The Morgan fingerprint density at radius 2 is 1.92 bits per heavy atom. The zero-order chi connectivity index (χ0) is 26.3. The predicted octanol–water partition coefficient (Wildman–Crippen LogP) is 5.88. The molecule has 9 nitrogen and oxygen atoms in total. The van der Waals surface area contributed by atoms with Crippen molar-refractivity contribution < 1.29 is 24.4 Å². The third-order valence-corrected chi connectivity index (χ3v) is 7.09. The van der Waals surface area contributed by atoms with Gasteiger partial charge in [-0.2, -0.15) is 0 Å². The van der Waals surface area contributed by atoms with Crippen LogP contribution in [0.4, 0.5) is 10.8 Å². The van der Waals surface area contributed by atoms with E-state index >= 15 is 0 Å². The Morgan fingerprint density at radius 1 is 1.16 bits per heavy atom. The molecule has 1 N–H and O–H groups in total. The summed E-state index contributed by atoms with van der Waals surface area (Å²) in [6, 6.07) is 15.8. The van der Waals surface area contributed by atoms with E-state index in [0.29, 0.717) is 22.9 Å². The van der Waals surface area contributed by atoms with Gasteiger partial charge in [0, 0.05) is 22.7 Å². The van der Waals surface area contributed by atoms with Crippen molar-refractivity contribution in [3.63, 3.8) is 0 Å². The number of Topliss-reactive ketones (excluding diaryl/α,β-unsaturated/α-hetero) is 1. The van der Waals surface area contributed by atoms with E-state index in [9.17, 15) is 24.8 Å². The number of nitrogens with zero attached hydrogens (tertiary/aromatic N) is 3. The van der Waals surface area contributed by atoms with Gasteiger partial charge in [-0.1, -0.05) is 35.1 Å². The van der Waals surface area contributed by atoms with Crippen LogP contribution in [0.3, 0.4) is 0 Å². The first-order valence-electron chi connectivity index (χ1n) is 11.1. The van der Waals surface area contributed by atoms with Gasteiger partial charge in [-0.3, -0.25) is 24.6 Å². The van der Waals surface area contributed by atoms with Crippen LogP contribution in [-0.4, -0.2) is 33.3 Å². The first-order valence-corrected chi connectivity index (χ1v) is 12.3. The number of hydrogen-bond donors (Lipinski definition) is 1. The van der Waals surface area contributed by atoms with Crippen LogP contribution < -0.4 is 9.64 Å². The molecule has 186 valence electrons. The molecule has 5 rings (SSSR count). The van der Waals surface area contributed by atoms with Gasteiger partial charge in [0.25, 0.3) is 11.5 Å². The number of hydrogen-bond acceptors (Lipinski definition) is 8. The number of fused-ring (bicyclic) bond motifs is 1. The fraction of sp³-hybridized carbons (Fsp3) is 0.115. The molecule has 11 heteroatoms. The van der Waals surface area contributed by atoms with Crippen LogP contribution in [0.1, 0.15) is 24.1 Å². The summed E-state index contributed by atoms with van der Waals surface area (Å²) in [4.78, 5) is 43.3. The second-order valence-electron chi connectivity index (χ2n) is 8.09. The first-order chi connectivity index (χ1) is 17.8. The molecule has 4 aromatic rings. The molecule has 37 heavy (non-hydrogen) atoms. The summed E-state index contributed by atoms with van der Waals surface area (Å²) in [5.74, 6) is -1.63. The lowest BCUT2D eigenvalue weighted by Crippen LogP contribution is -2.29. The summed E-state index contributed by atoms with van der Waals surface area (Å²) < 4.78 is 6.27. The maximum absolute atomic E-state index is 13.4. The highest BCUT2D eigenvalue weighted by Crippen LogP contribution is 2.45. The normalized spacial score (nSPS) is 16.9. The van der Waals surface area contributed by atoms with Gasteiger partial charge in [0.15, 0.2) is 5.13 Å². The summed E-state index contributed by atoms with van der Waals surface area (Å²) in [6.45, 7) is 2.34. The number of carbonyl (C=O) groups is 2. The minimum Gasteiger partial charge on any atom is -0.507 e. The summed E-state index contributed by atoms with van der Waals surface area (Å²) in [7, 11) is 0. The van der Waals surface area contributed by atoms with E-state index in [4.69, 9.17) is 16.3 Å². The van der Waals surface area contributed by atoms with E-state index in [2.05, 4.69) is 4.98 Å². The number of non-ortho nitro benzene ring substituents is 1. The van der Waals surface area contributed by atoms with Crippen molar-refractivity contribution in [1.82, 2.24) is 4.98 Å². The lowest BCUT2D eigenvalue weighted by Gasteiger charge is -2.22. The third-order valence-electron chi connectivity index (χ3n) is 5.82. The number of halogens is 1. The standard InChI is InChI=1S/C26H18ClN3O6S/c1-2-36-18-10-11-19-20(13-18)37-26(28-19)29-22(15-4-3-5-17(12-15)30(34)35)21(24(32)25(29)33)23(31)14-6-8-16(27)9-7-14/h3-13,22,31H,2H2,1H3/b23-21+. The third kappa shape index (κ3) is 4.41. The van der Waals surface area contributed by atoms with Crippen LogP contribution in [-0.2, 0) is 9.59 Å². The van der Waals surface area contributed by atoms with Crippen molar-refractivity contribution in [2.45, 2.75) is 13.0 Å². The molecule has 2 heterocycles. The fourth-order valence-corrected chi connectivity index (χ4v) is 5.32. The lowest BCUT2D eigenvalue weighted by atomic mass is 9.95. The average molecular weight is 536 g/mol. The monoisotopic (exact) mass is 535 g/mol. The largest absolute Gasteiger partial charge is 0.507 e. The minimum absolute atomic E-state index is 0.206. The quantitative estimate of drug-likeness (QED) is 0.107. The van der Waals surface area contributed by atoms with Crippen molar-refractivity contribution in [2.24, 2.45) is 0 Å². The number of rotatable bonds is 6. The van der Waals surface area contributed by atoms with E-state index < -0.39 is 28.4 Å². The Labute approximate surface area is 219 Å². The Morgan fingerprint density at radius 3 is 2.62 bits per heavy atom. The van der Waals surface area contributed by atoms with Gasteiger partial charge in [0.05, 0.1) is 33.4 Å². The number of amides is 1. The maximum atomic E-state index is 13.4. The van der Waals surface area contributed by atoms with Gasteiger partial charge in [0.1, 0.15) is 11.5 Å². The molecule has 1 fully saturated rings. The molecule has 0 radical (unpaired) electrons. The highest BCUT2D eigenvalue weighted by atomic mass is 35.5. The predicted molar refractivity (Wildman–Crippen MR) is 140 cm³/mol.